The zero-order chi connectivity index (χ0) is 27.4. The van der Waals surface area contributed by atoms with Gasteiger partial charge in [-0.05, 0) is 32.1 Å². The van der Waals surface area contributed by atoms with Gasteiger partial charge in [0.25, 0.3) is 5.82 Å². The van der Waals surface area contributed by atoms with E-state index in [1.807, 2.05) is 0 Å². The highest BCUT2D eigenvalue weighted by molar-refractivity contribution is 4.84. The van der Waals surface area contributed by atoms with Crippen molar-refractivity contribution in [2.45, 2.75) is 214 Å². The first-order valence-corrected chi connectivity index (χ1v) is 17.9. The van der Waals surface area contributed by atoms with Crippen molar-refractivity contribution < 1.29 is 4.57 Å². The second kappa shape index (κ2) is 27.8. The lowest BCUT2D eigenvalue weighted by molar-refractivity contribution is -0.704. The molecule has 0 amide bonds. The number of hydrogen-bond acceptors (Lipinski definition) is 0. The molecular weight excluding hydrogens is 460 g/mol. The van der Waals surface area contributed by atoms with E-state index < -0.39 is 0 Å². The molecule has 224 valence electrons. The van der Waals surface area contributed by atoms with Crippen LogP contribution in [0.5, 0.6) is 0 Å². The van der Waals surface area contributed by atoms with E-state index in [2.05, 4.69) is 42.3 Å². The molecule has 0 aromatic carbocycles. The van der Waals surface area contributed by atoms with E-state index >= 15 is 0 Å². The standard InChI is InChI=1S/C36H71N2/c1-4-7-10-13-14-15-16-17-18-19-20-21-22-23-24-25-28-31-36-37(32-29-26-11-8-5-2)34-35-38(36)33-30-27-12-9-6-3/h34-35H,4-33H2,1-3H3/q+1. The minimum atomic E-state index is 1.22. The van der Waals surface area contributed by atoms with E-state index in [0.29, 0.717) is 0 Å². The second-order valence-corrected chi connectivity index (χ2v) is 12.3. The van der Waals surface area contributed by atoms with Crippen LogP contribution in [0.15, 0.2) is 12.4 Å². The van der Waals surface area contributed by atoms with Crippen molar-refractivity contribution in [3.8, 4) is 0 Å². The fraction of sp³-hybridized carbons (Fsp3) is 0.917. The molecule has 0 radical (unpaired) electrons. The van der Waals surface area contributed by atoms with Crippen LogP contribution in [-0.2, 0) is 19.5 Å². The van der Waals surface area contributed by atoms with E-state index in [1.54, 1.807) is 5.82 Å². The molecule has 0 atom stereocenters. The quantitative estimate of drug-likeness (QED) is 0.0689. The molecule has 0 N–H and O–H groups in total. The van der Waals surface area contributed by atoms with Crippen molar-refractivity contribution in [1.82, 2.24) is 4.57 Å². The molecule has 0 spiro atoms. The Morgan fingerprint density at radius 2 is 0.816 bits per heavy atom. The smallest absolute Gasteiger partial charge is 0.234 e. The Labute approximate surface area is 240 Å². The Morgan fingerprint density at radius 1 is 0.447 bits per heavy atom. The van der Waals surface area contributed by atoms with Crippen LogP contribution in [0.4, 0.5) is 0 Å². The predicted octanol–water partition coefficient (Wildman–Crippen LogP) is 11.9. The van der Waals surface area contributed by atoms with Crippen LogP contribution in [0.1, 0.15) is 200 Å². The van der Waals surface area contributed by atoms with E-state index in [-0.39, 0.29) is 0 Å². The van der Waals surface area contributed by atoms with Gasteiger partial charge >= 0.3 is 0 Å². The van der Waals surface area contributed by atoms with Gasteiger partial charge in [-0.2, -0.15) is 0 Å². The summed E-state index contributed by atoms with van der Waals surface area (Å²) in [5.41, 5.74) is 0. The molecule has 1 rings (SSSR count). The summed E-state index contributed by atoms with van der Waals surface area (Å²) in [5, 5.41) is 0. The summed E-state index contributed by atoms with van der Waals surface area (Å²) in [6, 6.07) is 0. The maximum absolute atomic E-state index is 2.60. The van der Waals surface area contributed by atoms with Crippen molar-refractivity contribution >= 4 is 0 Å². The summed E-state index contributed by atoms with van der Waals surface area (Å²) in [4.78, 5) is 0. The van der Waals surface area contributed by atoms with Crippen LogP contribution >= 0.6 is 0 Å². The fourth-order valence-corrected chi connectivity index (χ4v) is 5.97. The van der Waals surface area contributed by atoms with Gasteiger partial charge < -0.3 is 0 Å². The number of hydrogen-bond donors (Lipinski definition) is 0. The molecule has 1 heterocycles. The molecule has 0 fully saturated rings. The lowest BCUT2D eigenvalue weighted by atomic mass is 10.0. The highest BCUT2D eigenvalue weighted by Crippen LogP contribution is 2.15. The van der Waals surface area contributed by atoms with Crippen molar-refractivity contribution in [3.63, 3.8) is 0 Å². The van der Waals surface area contributed by atoms with Crippen LogP contribution in [-0.4, -0.2) is 4.57 Å². The van der Waals surface area contributed by atoms with Crippen LogP contribution in [0.2, 0.25) is 0 Å². The number of imidazole rings is 1. The maximum Gasteiger partial charge on any atom is 0.256 e. The summed E-state index contributed by atoms with van der Waals surface area (Å²) in [6.07, 6.45) is 44.5. The number of nitrogens with zero attached hydrogens (tertiary/aromatic N) is 2. The lowest BCUT2D eigenvalue weighted by Gasteiger charge is -2.07. The highest BCUT2D eigenvalue weighted by atomic mass is 15.1. The molecule has 0 bridgehead atoms. The monoisotopic (exact) mass is 532 g/mol. The van der Waals surface area contributed by atoms with Crippen LogP contribution in [0, 0.1) is 0 Å². The van der Waals surface area contributed by atoms with E-state index in [4.69, 9.17) is 0 Å². The third kappa shape index (κ3) is 20.2. The van der Waals surface area contributed by atoms with Crippen LogP contribution in [0.25, 0.3) is 0 Å². The molecule has 38 heavy (non-hydrogen) atoms. The minimum Gasteiger partial charge on any atom is -0.234 e. The fourth-order valence-electron chi connectivity index (χ4n) is 5.97. The van der Waals surface area contributed by atoms with Crippen molar-refractivity contribution in [2.75, 3.05) is 0 Å². The largest absolute Gasteiger partial charge is 0.256 e. The van der Waals surface area contributed by atoms with Gasteiger partial charge in [0.2, 0.25) is 0 Å². The molecule has 2 nitrogen and oxygen atoms in total. The minimum absolute atomic E-state index is 1.22. The molecule has 1 aromatic heterocycles. The van der Waals surface area contributed by atoms with Gasteiger partial charge in [-0.1, -0.05) is 162 Å². The summed E-state index contributed by atoms with van der Waals surface area (Å²) in [7, 11) is 0. The Bertz CT molecular complexity index is 559. The van der Waals surface area contributed by atoms with Gasteiger partial charge in [0.1, 0.15) is 12.4 Å². The van der Waals surface area contributed by atoms with E-state index in [9.17, 15) is 0 Å². The summed E-state index contributed by atoms with van der Waals surface area (Å²) < 4.78 is 5.20. The Balaban J connectivity index is 2.13. The molecule has 0 saturated carbocycles. The molecular formula is C36H71N2+. The Hall–Kier alpha value is -0.790. The van der Waals surface area contributed by atoms with Gasteiger partial charge in [-0.15, -0.1) is 0 Å². The number of unbranched alkanes of at least 4 members (excludes halogenated alkanes) is 24. The van der Waals surface area contributed by atoms with Crippen molar-refractivity contribution in [3.05, 3.63) is 18.2 Å². The van der Waals surface area contributed by atoms with E-state index in [1.165, 1.54) is 193 Å². The van der Waals surface area contributed by atoms with Crippen LogP contribution in [0.3, 0.4) is 0 Å². The van der Waals surface area contributed by atoms with Gasteiger partial charge in [-0.3, -0.25) is 0 Å². The first-order chi connectivity index (χ1) is 18.8. The van der Waals surface area contributed by atoms with Crippen LogP contribution < -0.4 is 4.57 Å². The molecule has 0 aliphatic heterocycles. The van der Waals surface area contributed by atoms with Crippen molar-refractivity contribution in [2.24, 2.45) is 0 Å². The highest BCUT2D eigenvalue weighted by Gasteiger charge is 2.16. The van der Waals surface area contributed by atoms with Gasteiger partial charge in [0, 0.05) is 6.42 Å². The SMILES string of the molecule is CCCCCCCCCCCCCCCCCCCc1n(CCCCCCC)cc[n+]1CCCCCCC. The molecule has 1 aromatic rings. The summed E-state index contributed by atoms with van der Waals surface area (Å²) in [6.45, 7) is 9.38. The molecule has 0 aliphatic rings. The van der Waals surface area contributed by atoms with Gasteiger partial charge in [-0.25, -0.2) is 9.13 Å². The average molecular weight is 532 g/mol. The number of aryl methyl sites for hydroxylation is 2. The molecule has 0 aliphatic carbocycles. The van der Waals surface area contributed by atoms with Gasteiger partial charge in [0.05, 0.1) is 13.1 Å². The molecule has 0 saturated heterocycles. The number of rotatable bonds is 30. The normalized spacial score (nSPS) is 11.6. The average Bonchev–Trinajstić information content (AvgIpc) is 3.31. The predicted molar refractivity (Wildman–Crippen MR) is 170 cm³/mol. The topological polar surface area (TPSA) is 8.81 Å². The summed E-state index contributed by atoms with van der Waals surface area (Å²) in [5.74, 6) is 1.61. The maximum atomic E-state index is 2.60. The van der Waals surface area contributed by atoms with E-state index in [0.717, 1.165) is 0 Å². The Morgan fingerprint density at radius 3 is 1.26 bits per heavy atom. The molecule has 2 heteroatoms. The third-order valence-electron chi connectivity index (χ3n) is 8.60. The zero-order valence-electron chi connectivity index (χ0n) is 26.8. The summed E-state index contributed by atoms with van der Waals surface area (Å²) >= 11 is 0. The molecule has 0 unspecified atom stereocenters. The first kappa shape index (κ1) is 35.2. The Kier molecular flexibility index (Phi) is 25.7. The number of aromatic nitrogens is 2. The first-order valence-electron chi connectivity index (χ1n) is 17.9. The second-order valence-electron chi connectivity index (χ2n) is 12.3. The third-order valence-corrected chi connectivity index (χ3v) is 8.60. The van der Waals surface area contributed by atoms with Crippen molar-refractivity contribution in [1.29, 1.82) is 0 Å². The zero-order valence-corrected chi connectivity index (χ0v) is 26.8. The van der Waals surface area contributed by atoms with Gasteiger partial charge in [0.15, 0.2) is 0 Å². The lowest BCUT2D eigenvalue weighted by Crippen LogP contribution is -2.37.